The second kappa shape index (κ2) is 2.03. The summed E-state index contributed by atoms with van der Waals surface area (Å²) in [7, 11) is 0. The number of ether oxygens (including phenoxy) is 1. The van der Waals surface area contributed by atoms with Crippen molar-refractivity contribution in [3.8, 4) is 0 Å². The van der Waals surface area contributed by atoms with Crippen molar-refractivity contribution in [3.05, 3.63) is 0 Å². The molecule has 0 aromatic heterocycles. The van der Waals surface area contributed by atoms with Gasteiger partial charge in [-0.15, -0.1) is 0 Å². The molecule has 7 rings (SSSR count). The summed E-state index contributed by atoms with van der Waals surface area (Å²) in [5.74, 6) is -2.44. The zero-order valence-corrected chi connectivity index (χ0v) is 9.55. The Morgan fingerprint density at radius 2 is 1.94 bits per heavy atom. The molecule has 2 N–H and O–H groups in total. The van der Waals surface area contributed by atoms with Crippen LogP contribution in [-0.2, 0) is 9.53 Å². The standard InChI is InChI=1S/C13H13F2NO2/c14-13(15,11(16)17)12-8-3-1-2-4-5(3)9(12)7(4)10(18-12)6(2)8/h2-10H,1H2,(H2,16,17)/t2-,3-,4+,5+,6+,7+,8+,9-,10-,12-/m0/s1. The summed E-state index contributed by atoms with van der Waals surface area (Å²) in [5, 5.41) is 0. The number of carbonyl (C=O) groups is 1. The van der Waals surface area contributed by atoms with Crippen molar-refractivity contribution in [1.29, 1.82) is 0 Å². The predicted molar refractivity (Wildman–Crippen MR) is 54.3 cm³/mol. The summed E-state index contributed by atoms with van der Waals surface area (Å²) in [6.07, 6.45) is 1.12. The Kier molecular flexibility index (Phi) is 1.04. The van der Waals surface area contributed by atoms with E-state index in [-0.39, 0.29) is 17.9 Å². The van der Waals surface area contributed by atoms with Gasteiger partial charge < -0.3 is 10.5 Å². The molecule has 0 aromatic rings. The highest BCUT2D eigenvalue weighted by Crippen LogP contribution is 2.91. The average Bonchev–Trinajstić information content (AvgIpc) is 2.86. The van der Waals surface area contributed by atoms with E-state index in [9.17, 15) is 13.6 Å². The van der Waals surface area contributed by atoms with Gasteiger partial charge in [-0.3, -0.25) is 4.79 Å². The van der Waals surface area contributed by atoms with Crippen molar-refractivity contribution in [2.75, 3.05) is 0 Å². The second-order valence-electron chi connectivity index (χ2n) is 7.24. The van der Waals surface area contributed by atoms with Gasteiger partial charge in [-0.25, -0.2) is 0 Å². The fourth-order valence-corrected chi connectivity index (χ4v) is 7.70. The summed E-state index contributed by atoms with van der Waals surface area (Å²) in [6, 6.07) is 0. The second-order valence-corrected chi connectivity index (χ2v) is 7.24. The lowest BCUT2D eigenvalue weighted by atomic mass is 9.56. The quantitative estimate of drug-likeness (QED) is 0.785. The lowest BCUT2D eigenvalue weighted by Crippen LogP contribution is -2.62. The molecule has 2 saturated heterocycles. The fraction of sp³-hybridized carbons (Fsp3) is 0.923. The number of hydrogen-bond acceptors (Lipinski definition) is 2. The molecule has 0 spiro atoms. The first-order valence-electron chi connectivity index (χ1n) is 6.87. The number of hydrogen-bond donors (Lipinski definition) is 1. The van der Waals surface area contributed by atoms with Crippen molar-refractivity contribution in [2.45, 2.75) is 24.0 Å². The molecule has 2 aliphatic heterocycles. The van der Waals surface area contributed by atoms with Crippen molar-refractivity contribution in [3.63, 3.8) is 0 Å². The molecule has 10 atom stereocenters. The first kappa shape index (κ1) is 9.23. The van der Waals surface area contributed by atoms with Crippen molar-refractivity contribution in [1.82, 2.24) is 0 Å². The van der Waals surface area contributed by atoms with Crippen LogP contribution >= 0.6 is 0 Å². The van der Waals surface area contributed by atoms with Crippen LogP contribution in [0.3, 0.4) is 0 Å². The van der Waals surface area contributed by atoms with Gasteiger partial charge in [0.25, 0.3) is 5.91 Å². The van der Waals surface area contributed by atoms with E-state index in [4.69, 9.17) is 10.5 Å². The fourth-order valence-electron chi connectivity index (χ4n) is 7.70. The molecule has 1 amide bonds. The largest absolute Gasteiger partial charge is 0.364 e. The van der Waals surface area contributed by atoms with E-state index in [1.807, 2.05) is 0 Å². The van der Waals surface area contributed by atoms with Gasteiger partial charge in [0.05, 0.1) is 6.10 Å². The van der Waals surface area contributed by atoms with Crippen molar-refractivity contribution < 1.29 is 18.3 Å². The number of rotatable bonds is 2. The van der Waals surface area contributed by atoms with Crippen LogP contribution in [0.5, 0.6) is 0 Å². The first-order chi connectivity index (χ1) is 8.52. The van der Waals surface area contributed by atoms with Crippen LogP contribution in [0.25, 0.3) is 0 Å². The highest BCUT2D eigenvalue weighted by atomic mass is 19.3. The van der Waals surface area contributed by atoms with E-state index in [1.165, 1.54) is 0 Å². The maximum atomic E-state index is 14.5. The Bertz CT molecular complexity index is 527. The number of primary amides is 1. The third-order valence-corrected chi connectivity index (χ3v) is 7.50. The molecule has 18 heavy (non-hydrogen) atoms. The van der Waals surface area contributed by atoms with Crippen LogP contribution in [-0.4, -0.2) is 23.5 Å². The molecule has 7 aliphatic rings. The Morgan fingerprint density at radius 3 is 2.67 bits per heavy atom. The number of halogens is 2. The zero-order valence-electron chi connectivity index (χ0n) is 9.55. The number of nitrogens with two attached hydrogens (primary N) is 1. The summed E-state index contributed by atoms with van der Waals surface area (Å²) in [4.78, 5) is 11.3. The monoisotopic (exact) mass is 253 g/mol. The Balaban J connectivity index is 1.65. The molecule has 96 valence electrons. The Labute approximate surface area is 102 Å². The molecule has 2 heterocycles. The Morgan fingerprint density at radius 1 is 1.17 bits per heavy atom. The number of alkyl halides is 2. The molecule has 4 bridgehead atoms. The first-order valence-corrected chi connectivity index (χ1v) is 6.87. The highest BCUT2D eigenvalue weighted by Gasteiger charge is 2.97. The summed E-state index contributed by atoms with van der Waals surface area (Å²) in [6.45, 7) is 0. The SMILES string of the molecule is NC(=O)C(F)(F)[C@@]12O[C@@H]3[C@@H]4[C@@H]5[C@@H]6C[C@@H]([C@H]5[C@@H]41)[C@@H]2[C@@H]63. The third-order valence-electron chi connectivity index (χ3n) is 7.50. The van der Waals surface area contributed by atoms with Crippen LogP contribution in [0, 0.1) is 47.3 Å². The molecular weight excluding hydrogens is 240 g/mol. The van der Waals surface area contributed by atoms with Gasteiger partial charge in [-0.2, -0.15) is 8.78 Å². The van der Waals surface area contributed by atoms with E-state index in [1.54, 1.807) is 0 Å². The van der Waals surface area contributed by atoms with Crippen LogP contribution < -0.4 is 5.73 Å². The van der Waals surface area contributed by atoms with E-state index in [0.29, 0.717) is 35.5 Å². The molecule has 0 unspecified atom stereocenters. The molecule has 0 radical (unpaired) electrons. The molecule has 7 fully saturated rings. The minimum Gasteiger partial charge on any atom is -0.364 e. The van der Waals surface area contributed by atoms with Crippen LogP contribution in [0.4, 0.5) is 8.78 Å². The van der Waals surface area contributed by atoms with Gasteiger partial charge in [-0.05, 0) is 41.9 Å². The summed E-state index contributed by atoms with van der Waals surface area (Å²) in [5.41, 5.74) is 3.49. The molecule has 5 aliphatic carbocycles. The molecule has 5 saturated carbocycles. The van der Waals surface area contributed by atoms with Gasteiger partial charge in [0, 0.05) is 11.8 Å². The van der Waals surface area contributed by atoms with Crippen molar-refractivity contribution >= 4 is 5.91 Å². The highest BCUT2D eigenvalue weighted by molar-refractivity contribution is 5.84. The smallest absolute Gasteiger partial charge is 0.353 e. The third kappa shape index (κ3) is 0.497. The van der Waals surface area contributed by atoms with Gasteiger partial charge in [-0.1, -0.05) is 0 Å². The van der Waals surface area contributed by atoms with E-state index < -0.39 is 17.4 Å². The summed E-state index contributed by atoms with van der Waals surface area (Å²) >= 11 is 0. The summed E-state index contributed by atoms with van der Waals surface area (Å²) < 4.78 is 34.7. The molecule has 5 heteroatoms. The van der Waals surface area contributed by atoms with Crippen LogP contribution in [0.15, 0.2) is 0 Å². The van der Waals surface area contributed by atoms with Crippen LogP contribution in [0.2, 0.25) is 0 Å². The number of amides is 1. The maximum absolute atomic E-state index is 14.5. The van der Waals surface area contributed by atoms with Gasteiger partial charge in [0.15, 0.2) is 0 Å². The normalized spacial score (nSPS) is 71.6. The number of carbonyl (C=O) groups excluding carboxylic acids is 1. The van der Waals surface area contributed by atoms with Gasteiger partial charge >= 0.3 is 5.92 Å². The molecule has 0 aromatic carbocycles. The van der Waals surface area contributed by atoms with Gasteiger partial charge in [0.2, 0.25) is 0 Å². The Hall–Kier alpha value is -0.710. The minimum absolute atomic E-state index is 0.0176. The lowest BCUT2D eigenvalue weighted by molar-refractivity contribution is -0.206. The van der Waals surface area contributed by atoms with E-state index in [2.05, 4.69) is 0 Å². The van der Waals surface area contributed by atoms with Gasteiger partial charge in [0.1, 0.15) is 5.60 Å². The topological polar surface area (TPSA) is 52.3 Å². The maximum Gasteiger partial charge on any atom is 0.353 e. The minimum atomic E-state index is -3.48. The van der Waals surface area contributed by atoms with Crippen LogP contribution in [0.1, 0.15) is 6.42 Å². The average molecular weight is 253 g/mol. The van der Waals surface area contributed by atoms with Crippen molar-refractivity contribution in [2.24, 2.45) is 53.1 Å². The molecule has 3 nitrogen and oxygen atoms in total. The van der Waals surface area contributed by atoms with E-state index in [0.717, 1.165) is 6.42 Å². The lowest BCUT2D eigenvalue weighted by Gasteiger charge is -2.47. The predicted octanol–water partition coefficient (Wildman–Crippen LogP) is 0.632. The van der Waals surface area contributed by atoms with E-state index >= 15 is 0 Å². The molecular formula is C13H13F2NO2. The zero-order chi connectivity index (χ0) is 12.2.